The first-order valence-electron chi connectivity index (χ1n) is 7.19. The maximum atomic E-state index is 13.8. The number of rotatable bonds is 5. The van der Waals surface area contributed by atoms with Crippen molar-refractivity contribution in [1.82, 2.24) is 0 Å². The predicted molar refractivity (Wildman–Crippen MR) is 86.7 cm³/mol. The number of esters is 1. The Morgan fingerprint density at radius 2 is 1.91 bits per heavy atom. The third kappa shape index (κ3) is 3.97. The molecule has 0 heterocycles. The second-order valence-corrected chi connectivity index (χ2v) is 5.11. The first kappa shape index (κ1) is 18.0. The zero-order valence-electron chi connectivity index (χ0n) is 14.0. The van der Waals surface area contributed by atoms with Crippen molar-refractivity contribution in [3.8, 4) is 5.75 Å². The lowest BCUT2D eigenvalue weighted by Crippen LogP contribution is -2.05. The Hall–Kier alpha value is -2.10. The first-order valence-corrected chi connectivity index (χ1v) is 7.19. The molecule has 0 radical (unpaired) electrons. The fraction of sp³-hybridized carbons (Fsp3) is 0.389. The maximum absolute atomic E-state index is 13.8. The van der Waals surface area contributed by atoms with Gasteiger partial charge in [0.1, 0.15) is 5.75 Å². The number of carbonyl (C=O) groups is 1. The second-order valence-electron chi connectivity index (χ2n) is 5.11. The molecule has 3 nitrogen and oxygen atoms in total. The Kier molecular flexibility index (Phi) is 6.35. The summed E-state index contributed by atoms with van der Waals surface area (Å²) in [6.07, 6.45) is 3.40. The fourth-order valence-electron chi connectivity index (χ4n) is 2.17. The van der Waals surface area contributed by atoms with Crippen LogP contribution in [-0.4, -0.2) is 19.7 Å². The highest BCUT2D eigenvalue weighted by Gasteiger charge is 2.12. The molecule has 0 unspecified atom stereocenters. The molecule has 0 fully saturated rings. The number of halogens is 1. The lowest BCUT2D eigenvalue weighted by atomic mass is 9.96. The van der Waals surface area contributed by atoms with Crippen molar-refractivity contribution >= 4 is 12.0 Å². The second kappa shape index (κ2) is 7.78. The molecule has 0 aliphatic heterocycles. The number of allylic oxidation sites excluding steroid dienone is 2. The summed E-state index contributed by atoms with van der Waals surface area (Å²) < 4.78 is 23.8. The fourth-order valence-corrected chi connectivity index (χ4v) is 2.17. The zero-order valence-corrected chi connectivity index (χ0v) is 14.0. The van der Waals surface area contributed by atoms with E-state index in [1.807, 2.05) is 32.9 Å². The van der Waals surface area contributed by atoms with Gasteiger partial charge in [-0.15, -0.1) is 0 Å². The van der Waals surface area contributed by atoms with Crippen molar-refractivity contribution in [3.05, 3.63) is 45.8 Å². The number of carbonyl (C=O) groups excluding carboxylic acids is 1. The Morgan fingerprint density at radius 1 is 1.27 bits per heavy atom. The topological polar surface area (TPSA) is 35.5 Å². The molecule has 0 saturated heterocycles. The summed E-state index contributed by atoms with van der Waals surface area (Å²) in [5.41, 5.74) is 4.37. The first-order chi connectivity index (χ1) is 10.3. The average Bonchev–Trinajstić information content (AvgIpc) is 2.49. The monoisotopic (exact) mass is 306 g/mol. The highest BCUT2D eigenvalue weighted by atomic mass is 19.1. The summed E-state index contributed by atoms with van der Waals surface area (Å²) in [6, 6.07) is 1.95. The third-order valence-electron chi connectivity index (χ3n) is 3.63. The van der Waals surface area contributed by atoms with Crippen molar-refractivity contribution in [1.29, 1.82) is 0 Å². The molecule has 0 saturated carbocycles. The molecule has 0 spiro atoms. The number of aryl methyl sites for hydroxylation is 1. The van der Waals surface area contributed by atoms with Gasteiger partial charge in [0.25, 0.3) is 0 Å². The van der Waals surface area contributed by atoms with Gasteiger partial charge in [0, 0.05) is 0 Å². The quantitative estimate of drug-likeness (QED) is 0.458. The van der Waals surface area contributed by atoms with Gasteiger partial charge in [0.2, 0.25) is 5.83 Å². The predicted octanol–water partition coefficient (Wildman–Crippen LogP) is 4.44. The van der Waals surface area contributed by atoms with Crippen LogP contribution in [0.25, 0.3) is 6.08 Å². The van der Waals surface area contributed by atoms with Crippen LogP contribution >= 0.6 is 0 Å². The molecule has 0 aliphatic carbocycles. The van der Waals surface area contributed by atoms with E-state index in [-0.39, 0.29) is 12.2 Å². The van der Waals surface area contributed by atoms with Gasteiger partial charge >= 0.3 is 5.97 Å². The van der Waals surface area contributed by atoms with Crippen molar-refractivity contribution in [2.45, 2.75) is 34.6 Å². The van der Waals surface area contributed by atoms with Gasteiger partial charge in [-0.05, 0) is 68.5 Å². The minimum absolute atomic E-state index is 0.152. The van der Waals surface area contributed by atoms with Crippen LogP contribution in [0.15, 0.2) is 23.5 Å². The molecule has 120 valence electrons. The van der Waals surface area contributed by atoms with Gasteiger partial charge in [-0.2, -0.15) is 4.39 Å². The summed E-state index contributed by atoms with van der Waals surface area (Å²) in [5, 5.41) is 0. The number of ether oxygens (including phenoxy) is 2. The van der Waals surface area contributed by atoms with Gasteiger partial charge in [-0.3, -0.25) is 0 Å². The van der Waals surface area contributed by atoms with Crippen molar-refractivity contribution in [2.75, 3.05) is 13.7 Å². The number of benzene rings is 1. The Morgan fingerprint density at radius 3 is 2.45 bits per heavy atom. The van der Waals surface area contributed by atoms with Crippen LogP contribution in [0.2, 0.25) is 0 Å². The van der Waals surface area contributed by atoms with Crippen LogP contribution in [-0.2, 0) is 9.53 Å². The SMILES string of the molecule is CCOC(=O)/C(F)=C(C)\C=C\c1c(C)cc(OC)c(C)c1C. The molecule has 4 heteroatoms. The highest BCUT2D eigenvalue weighted by Crippen LogP contribution is 2.28. The van der Waals surface area contributed by atoms with E-state index in [1.54, 1.807) is 27.0 Å². The average molecular weight is 306 g/mol. The minimum atomic E-state index is -0.927. The molecule has 1 aromatic rings. The maximum Gasteiger partial charge on any atom is 0.367 e. The van der Waals surface area contributed by atoms with Crippen LogP contribution in [0.3, 0.4) is 0 Å². The Bertz CT molecular complexity index is 628. The molecule has 0 amide bonds. The van der Waals surface area contributed by atoms with Crippen molar-refractivity contribution in [3.63, 3.8) is 0 Å². The van der Waals surface area contributed by atoms with E-state index in [4.69, 9.17) is 4.74 Å². The van der Waals surface area contributed by atoms with E-state index in [0.29, 0.717) is 0 Å². The van der Waals surface area contributed by atoms with Crippen LogP contribution < -0.4 is 4.74 Å². The Labute approximate surface area is 131 Å². The van der Waals surface area contributed by atoms with Gasteiger partial charge in [0.15, 0.2) is 0 Å². The molecule has 0 aromatic heterocycles. The van der Waals surface area contributed by atoms with Crippen LogP contribution in [0.1, 0.15) is 36.1 Å². The molecular weight excluding hydrogens is 283 g/mol. The van der Waals surface area contributed by atoms with Gasteiger partial charge < -0.3 is 9.47 Å². The number of methoxy groups -OCH3 is 1. The summed E-state index contributed by atoms with van der Waals surface area (Å²) in [4.78, 5) is 11.4. The molecule has 1 aromatic carbocycles. The van der Waals surface area contributed by atoms with E-state index in [1.165, 1.54) is 0 Å². The number of hydrogen-bond donors (Lipinski definition) is 0. The normalized spacial score (nSPS) is 12.3. The third-order valence-corrected chi connectivity index (χ3v) is 3.63. The van der Waals surface area contributed by atoms with Crippen molar-refractivity contribution in [2.24, 2.45) is 0 Å². The van der Waals surface area contributed by atoms with Crippen LogP contribution in [0, 0.1) is 20.8 Å². The molecule has 0 aliphatic rings. The summed E-state index contributed by atoms with van der Waals surface area (Å²) in [6.45, 7) is 9.28. The van der Waals surface area contributed by atoms with Gasteiger partial charge in [0.05, 0.1) is 13.7 Å². The summed E-state index contributed by atoms with van der Waals surface area (Å²) in [7, 11) is 1.64. The lowest BCUT2D eigenvalue weighted by molar-refractivity contribution is -0.140. The zero-order chi connectivity index (χ0) is 16.9. The minimum Gasteiger partial charge on any atom is -0.496 e. The van der Waals surface area contributed by atoms with Gasteiger partial charge in [-0.1, -0.05) is 12.2 Å². The molecule has 0 bridgehead atoms. The highest BCUT2D eigenvalue weighted by molar-refractivity contribution is 5.87. The Balaban J connectivity index is 3.17. The van der Waals surface area contributed by atoms with Gasteiger partial charge in [-0.25, -0.2) is 4.79 Å². The van der Waals surface area contributed by atoms with E-state index in [2.05, 4.69) is 4.74 Å². The van der Waals surface area contributed by atoms with E-state index < -0.39 is 11.8 Å². The molecule has 22 heavy (non-hydrogen) atoms. The van der Waals surface area contributed by atoms with E-state index in [0.717, 1.165) is 28.0 Å². The van der Waals surface area contributed by atoms with E-state index >= 15 is 0 Å². The number of hydrogen-bond acceptors (Lipinski definition) is 3. The van der Waals surface area contributed by atoms with E-state index in [9.17, 15) is 9.18 Å². The largest absolute Gasteiger partial charge is 0.496 e. The molecule has 0 atom stereocenters. The standard InChI is InChI=1S/C18H23FO3/c1-7-22-18(20)17(19)11(2)8-9-15-12(3)10-16(21-6)14(5)13(15)4/h8-10H,7H2,1-6H3/b9-8+,17-11+. The van der Waals surface area contributed by atoms with Crippen molar-refractivity contribution < 1.29 is 18.7 Å². The smallest absolute Gasteiger partial charge is 0.367 e. The lowest BCUT2D eigenvalue weighted by Gasteiger charge is -2.13. The molecular formula is C18H23FO3. The summed E-state index contributed by atoms with van der Waals surface area (Å²) in [5.74, 6) is -0.959. The van der Waals surface area contributed by atoms with Crippen LogP contribution in [0.4, 0.5) is 4.39 Å². The molecule has 1 rings (SSSR count). The summed E-state index contributed by atoms with van der Waals surface area (Å²) >= 11 is 0. The molecule has 0 N–H and O–H groups in total. The van der Waals surface area contributed by atoms with Crippen LogP contribution in [0.5, 0.6) is 5.75 Å².